The highest BCUT2D eigenvalue weighted by Crippen LogP contribution is 2.39. The second-order valence-electron chi connectivity index (χ2n) is 8.36. The van der Waals surface area contributed by atoms with E-state index in [0.717, 1.165) is 48.8 Å². The molecule has 0 saturated carbocycles. The van der Waals surface area contributed by atoms with Gasteiger partial charge >= 0.3 is 0 Å². The van der Waals surface area contributed by atoms with E-state index in [1.807, 2.05) is 36.4 Å². The number of nitrogens with one attached hydrogen (secondary N) is 2. The number of hydrogen-bond donors (Lipinski definition) is 2. The van der Waals surface area contributed by atoms with Crippen molar-refractivity contribution in [3.63, 3.8) is 0 Å². The number of carbonyl (C=O) groups excluding carboxylic acids is 1. The maximum atomic E-state index is 13.0. The van der Waals surface area contributed by atoms with Crippen molar-refractivity contribution in [2.75, 3.05) is 39.4 Å². The smallest absolute Gasteiger partial charge is 0.194 e. The highest BCUT2D eigenvalue weighted by molar-refractivity contribution is 6.22. The molecule has 0 aliphatic heterocycles. The van der Waals surface area contributed by atoms with Gasteiger partial charge in [0.25, 0.3) is 0 Å². The van der Waals surface area contributed by atoms with E-state index in [2.05, 4.69) is 24.5 Å². The Hall–Kier alpha value is -2.37. The summed E-state index contributed by atoms with van der Waals surface area (Å²) in [6.45, 7) is 9.26. The van der Waals surface area contributed by atoms with Crippen LogP contribution in [0.1, 0.15) is 68.3 Å². The lowest BCUT2D eigenvalue weighted by Gasteiger charge is -2.09. The van der Waals surface area contributed by atoms with Crippen molar-refractivity contribution in [3.8, 4) is 22.6 Å². The Morgan fingerprint density at radius 3 is 1.53 bits per heavy atom. The summed E-state index contributed by atoms with van der Waals surface area (Å²) in [7, 11) is 0. The van der Waals surface area contributed by atoms with E-state index in [1.54, 1.807) is 0 Å². The van der Waals surface area contributed by atoms with Crippen molar-refractivity contribution in [2.45, 2.75) is 52.4 Å². The molecule has 32 heavy (non-hydrogen) atoms. The third-order valence-electron chi connectivity index (χ3n) is 5.77. The Morgan fingerprint density at radius 1 is 0.625 bits per heavy atom. The molecule has 0 saturated heterocycles. The van der Waals surface area contributed by atoms with Crippen LogP contribution in [0, 0.1) is 0 Å². The molecule has 5 heteroatoms. The Bertz CT molecular complexity index is 796. The molecule has 2 aromatic rings. The van der Waals surface area contributed by atoms with E-state index in [4.69, 9.17) is 9.47 Å². The molecule has 0 spiro atoms. The number of ether oxygens (including phenoxy) is 2. The lowest BCUT2D eigenvalue weighted by molar-refractivity contribution is 0.104. The molecule has 0 radical (unpaired) electrons. The van der Waals surface area contributed by atoms with E-state index in [0.29, 0.717) is 24.3 Å². The predicted octanol–water partition coefficient (Wildman–Crippen LogP) is 5.22. The third kappa shape index (κ3) is 6.81. The first-order valence-corrected chi connectivity index (χ1v) is 12.2. The summed E-state index contributed by atoms with van der Waals surface area (Å²) in [5, 5.41) is 6.79. The number of fused-ring (bicyclic) bond motifs is 3. The number of hydrogen-bond acceptors (Lipinski definition) is 5. The molecule has 1 aliphatic carbocycles. The fraction of sp³-hybridized carbons (Fsp3) is 0.519. The lowest BCUT2D eigenvalue weighted by Crippen LogP contribution is -2.22. The molecule has 5 nitrogen and oxygen atoms in total. The van der Waals surface area contributed by atoms with Crippen molar-refractivity contribution in [3.05, 3.63) is 47.5 Å². The number of unbranched alkanes of at least 4 members (excludes halogenated alkanes) is 4. The molecule has 0 fully saturated rings. The topological polar surface area (TPSA) is 59.6 Å². The highest BCUT2D eigenvalue weighted by Gasteiger charge is 2.27. The molecule has 1 aliphatic rings. The van der Waals surface area contributed by atoms with Crippen LogP contribution < -0.4 is 20.1 Å². The van der Waals surface area contributed by atoms with Crippen molar-refractivity contribution < 1.29 is 14.3 Å². The van der Waals surface area contributed by atoms with Gasteiger partial charge in [-0.1, -0.05) is 39.5 Å². The normalized spacial score (nSPS) is 12.0. The van der Waals surface area contributed by atoms with E-state index in [-0.39, 0.29) is 5.78 Å². The van der Waals surface area contributed by atoms with Gasteiger partial charge in [-0.2, -0.15) is 0 Å². The summed E-state index contributed by atoms with van der Waals surface area (Å²) in [5.74, 6) is 1.53. The average molecular weight is 439 g/mol. The first kappa shape index (κ1) is 24.3. The summed E-state index contributed by atoms with van der Waals surface area (Å²) in [4.78, 5) is 13.0. The summed E-state index contributed by atoms with van der Waals surface area (Å²) in [6, 6.07) is 11.6. The maximum absolute atomic E-state index is 13.0. The van der Waals surface area contributed by atoms with Gasteiger partial charge in [0.2, 0.25) is 0 Å². The molecule has 3 rings (SSSR count). The molecule has 0 aromatic heterocycles. The molecular formula is C27H38N2O3. The first-order chi connectivity index (χ1) is 15.7. The van der Waals surface area contributed by atoms with Crippen LogP contribution in [0.15, 0.2) is 36.4 Å². The molecular weight excluding hydrogens is 400 g/mol. The van der Waals surface area contributed by atoms with Gasteiger partial charge in [-0.25, -0.2) is 0 Å². The van der Waals surface area contributed by atoms with Crippen LogP contribution in [0.2, 0.25) is 0 Å². The fourth-order valence-electron chi connectivity index (χ4n) is 3.95. The van der Waals surface area contributed by atoms with E-state index in [9.17, 15) is 4.79 Å². The van der Waals surface area contributed by atoms with Gasteiger partial charge in [0, 0.05) is 24.2 Å². The van der Waals surface area contributed by atoms with Crippen molar-refractivity contribution >= 4 is 5.78 Å². The Labute approximate surface area is 192 Å². The second-order valence-corrected chi connectivity index (χ2v) is 8.36. The number of rotatable bonds is 16. The number of benzene rings is 2. The number of carbonyl (C=O) groups is 1. The third-order valence-corrected chi connectivity index (χ3v) is 5.77. The molecule has 174 valence electrons. The van der Waals surface area contributed by atoms with E-state index < -0.39 is 0 Å². The van der Waals surface area contributed by atoms with Crippen LogP contribution >= 0.6 is 0 Å². The summed E-state index contributed by atoms with van der Waals surface area (Å²) >= 11 is 0. The van der Waals surface area contributed by atoms with Crippen molar-refractivity contribution in [1.82, 2.24) is 10.6 Å². The zero-order chi connectivity index (χ0) is 22.6. The van der Waals surface area contributed by atoms with Crippen molar-refractivity contribution in [2.24, 2.45) is 0 Å². The minimum atomic E-state index is 0.0429. The SMILES string of the molecule is CCCCCNCCOc1ccc2c(c1)C(=O)c1cc(OCCNCCCCC)ccc1-2. The Balaban J connectivity index is 1.49. The predicted molar refractivity (Wildman–Crippen MR) is 131 cm³/mol. The van der Waals surface area contributed by atoms with Crippen molar-refractivity contribution in [1.29, 1.82) is 0 Å². The standard InChI is InChI=1S/C27H38N2O3/c1-3-5-7-13-28-15-17-31-21-9-11-23-24-12-10-22(20-26(24)27(30)25(23)19-21)32-18-16-29-14-8-6-4-2/h9-12,19-20,28-29H,3-8,13-18H2,1-2H3. The summed E-state index contributed by atoms with van der Waals surface area (Å²) in [5.41, 5.74) is 3.37. The molecule has 2 N–H and O–H groups in total. The van der Waals surface area contributed by atoms with Crippen LogP contribution in [-0.4, -0.2) is 45.2 Å². The zero-order valence-corrected chi connectivity index (χ0v) is 19.7. The quantitative estimate of drug-likeness (QED) is 0.301. The largest absolute Gasteiger partial charge is 0.492 e. The Morgan fingerprint density at radius 2 is 1.09 bits per heavy atom. The zero-order valence-electron chi connectivity index (χ0n) is 19.7. The molecule has 0 atom stereocenters. The van der Waals surface area contributed by atoms with Gasteiger partial charge in [0.05, 0.1) is 0 Å². The summed E-state index contributed by atoms with van der Waals surface area (Å²) < 4.78 is 11.7. The second kappa shape index (κ2) is 13.2. The van der Waals surface area contributed by atoms with Crippen LogP contribution in [0.25, 0.3) is 11.1 Å². The van der Waals surface area contributed by atoms with Gasteiger partial charge in [0.15, 0.2) is 5.78 Å². The van der Waals surface area contributed by atoms with Crippen LogP contribution in [0.4, 0.5) is 0 Å². The lowest BCUT2D eigenvalue weighted by atomic mass is 10.1. The van der Waals surface area contributed by atoms with Gasteiger partial charge in [-0.05, 0) is 73.5 Å². The van der Waals surface area contributed by atoms with Gasteiger partial charge in [-0.3, -0.25) is 4.79 Å². The minimum absolute atomic E-state index is 0.0429. The highest BCUT2D eigenvalue weighted by atomic mass is 16.5. The Kier molecular flexibility index (Phi) is 10.0. The molecule has 2 aromatic carbocycles. The monoisotopic (exact) mass is 438 g/mol. The van der Waals surface area contributed by atoms with Crippen LogP contribution in [-0.2, 0) is 0 Å². The molecule has 0 amide bonds. The fourth-order valence-corrected chi connectivity index (χ4v) is 3.95. The van der Waals surface area contributed by atoms with Gasteiger partial charge in [0.1, 0.15) is 24.7 Å². The molecule has 0 heterocycles. The first-order valence-electron chi connectivity index (χ1n) is 12.2. The van der Waals surface area contributed by atoms with Gasteiger partial charge in [-0.15, -0.1) is 0 Å². The van der Waals surface area contributed by atoms with Gasteiger partial charge < -0.3 is 20.1 Å². The summed E-state index contributed by atoms with van der Waals surface area (Å²) in [6.07, 6.45) is 7.36. The molecule has 0 bridgehead atoms. The van der Waals surface area contributed by atoms with E-state index >= 15 is 0 Å². The minimum Gasteiger partial charge on any atom is -0.492 e. The van der Waals surface area contributed by atoms with E-state index in [1.165, 1.54) is 38.5 Å². The molecule has 0 unspecified atom stereocenters. The number of ketones is 1. The van der Waals surface area contributed by atoms with Crippen LogP contribution in [0.5, 0.6) is 11.5 Å². The average Bonchev–Trinajstić information content (AvgIpc) is 3.09. The van der Waals surface area contributed by atoms with Crippen LogP contribution in [0.3, 0.4) is 0 Å². The maximum Gasteiger partial charge on any atom is 0.194 e.